The number of halogens is 2. The SMILES string of the molecule is CCOc1ccc(S(=O)(=O)N[C@H](C)c2ccc(F)cc2)cc1Cl. The van der Waals surface area contributed by atoms with Gasteiger partial charge in [0.2, 0.25) is 10.0 Å². The van der Waals surface area contributed by atoms with Gasteiger partial charge in [0.05, 0.1) is 16.5 Å². The molecule has 0 unspecified atom stereocenters. The molecule has 2 aromatic carbocycles. The number of hydrogen-bond acceptors (Lipinski definition) is 3. The van der Waals surface area contributed by atoms with Crippen molar-refractivity contribution in [2.75, 3.05) is 6.61 Å². The predicted molar refractivity (Wildman–Crippen MR) is 87.8 cm³/mol. The molecular weight excluding hydrogens is 341 g/mol. The van der Waals surface area contributed by atoms with Crippen LogP contribution < -0.4 is 9.46 Å². The van der Waals surface area contributed by atoms with E-state index >= 15 is 0 Å². The molecule has 0 saturated carbocycles. The van der Waals surface area contributed by atoms with Crippen LogP contribution in [0.2, 0.25) is 5.02 Å². The molecule has 124 valence electrons. The van der Waals surface area contributed by atoms with Gasteiger partial charge in [0.1, 0.15) is 11.6 Å². The molecule has 0 aromatic heterocycles. The average Bonchev–Trinajstić information content (AvgIpc) is 2.49. The van der Waals surface area contributed by atoms with Crippen LogP contribution >= 0.6 is 11.6 Å². The standard InChI is InChI=1S/C16H17ClFNO3S/c1-3-22-16-9-8-14(10-15(16)17)23(20,21)19-11(2)12-4-6-13(18)7-5-12/h4-11,19H,3H2,1-2H3/t11-/m1/s1. The van der Waals surface area contributed by atoms with Crippen LogP contribution in [-0.4, -0.2) is 15.0 Å². The Morgan fingerprint density at radius 2 is 1.87 bits per heavy atom. The summed E-state index contributed by atoms with van der Waals surface area (Å²) in [5, 5.41) is 0.226. The van der Waals surface area contributed by atoms with E-state index in [0.29, 0.717) is 17.9 Å². The molecule has 0 radical (unpaired) electrons. The lowest BCUT2D eigenvalue weighted by Crippen LogP contribution is -2.26. The minimum atomic E-state index is -3.76. The quantitative estimate of drug-likeness (QED) is 0.852. The molecule has 0 bridgehead atoms. The van der Waals surface area contributed by atoms with Gasteiger partial charge in [0.25, 0.3) is 0 Å². The van der Waals surface area contributed by atoms with E-state index in [1.165, 1.54) is 42.5 Å². The molecule has 0 spiro atoms. The summed E-state index contributed by atoms with van der Waals surface area (Å²) in [6.45, 7) is 3.93. The summed E-state index contributed by atoms with van der Waals surface area (Å²) in [7, 11) is -3.76. The van der Waals surface area contributed by atoms with Gasteiger partial charge in [-0.3, -0.25) is 0 Å². The fraction of sp³-hybridized carbons (Fsp3) is 0.250. The minimum Gasteiger partial charge on any atom is -0.492 e. The first-order valence-electron chi connectivity index (χ1n) is 7.03. The van der Waals surface area contributed by atoms with E-state index < -0.39 is 16.1 Å². The zero-order valence-corrected chi connectivity index (χ0v) is 14.3. The van der Waals surface area contributed by atoms with Crippen LogP contribution in [0.1, 0.15) is 25.5 Å². The van der Waals surface area contributed by atoms with Gasteiger partial charge in [-0.2, -0.15) is 0 Å². The van der Waals surface area contributed by atoms with E-state index in [0.717, 1.165) is 0 Å². The third-order valence-electron chi connectivity index (χ3n) is 3.22. The molecular formula is C16H17ClFNO3S. The van der Waals surface area contributed by atoms with E-state index in [4.69, 9.17) is 16.3 Å². The highest BCUT2D eigenvalue weighted by atomic mass is 35.5. The first kappa shape index (κ1) is 17.7. The van der Waals surface area contributed by atoms with Crippen molar-refractivity contribution < 1.29 is 17.5 Å². The van der Waals surface area contributed by atoms with Crippen LogP contribution in [0.4, 0.5) is 4.39 Å². The normalized spacial score (nSPS) is 12.9. The molecule has 23 heavy (non-hydrogen) atoms. The average molecular weight is 358 g/mol. The van der Waals surface area contributed by atoms with Gasteiger partial charge in [0, 0.05) is 6.04 Å². The Hall–Kier alpha value is -1.63. The molecule has 0 aliphatic carbocycles. The van der Waals surface area contributed by atoms with E-state index in [2.05, 4.69) is 4.72 Å². The van der Waals surface area contributed by atoms with Gasteiger partial charge in [-0.15, -0.1) is 0 Å². The second-order valence-electron chi connectivity index (χ2n) is 4.92. The van der Waals surface area contributed by atoms with E-state index in [9.17, 15) is 12.8 Å². The summed E-state index contributed by atoms with van der Waals surface area (Å²) in [4.78, 5) is 0.0416. The highest BCUT2D eigenvalue weighted by Crippen LogP contribution is 2.28. The minimum absolute atomic E-state index is 0.0416. The lowest BCUT2D eigenvalue weighted by atomic mass is 10.1. The molecule has 0 saturated heterocycles. The Morgan fingerprint density at radius 3 is 2.43 bits per heavy atom. The van der Waals surface area contributed by atoms with E-state index in [-0.39, 0.29) is 15.7 Å². The number of sulfonamides is 1. The second kappa shape index (κ2) is 7.29. The highest BCUT2D eigenvalue weighted by molar-refractivity contribution is 7.89. The topological polar surface area (TPSA) is 55.4 Å². The van der Waals surface area contributed by atoms with Gasteiger partial charge in [0.15, 0.2) is 0 Å². The Labute approximate surface area is 140 Å². The summed E-state index contributed by atoms with van der Waals surface area (Å²) in [5.41, 5.74) is 0.659. The monoisotopic (exact) mass is 357 g/mol. The Bertz CT molecular complexity index is 778. The first-order valence-corrected chi connectivity index (χ1v) is 8.89. The zero-order valence-electron chi connectivity index (χ0n) is 12.7. The van der Waals surface area contributed by atoms with Gasteiger partial charge in [-0.1, -0.05) is 23.7 Å². The lowest BCUT2D eigenvalue weighted by molar-refractivity contribution is 0.340. The molecule has 0 amide bonds. The maximum atomic E-state index is 12.9. The maximum Gasteiger partial charge on any atom is 0.241 e. The van der Waals surface area contributed by atoms with Crippen molar-refractivity contribution in [2.24, 2.45) is 0 Å². The molecule has 1 N–H and O–H groups in total. The first-order chi connectivity index (χ1) is 10.8. The molecule has 0 aliphatic heterocycles. The van der Waals surface area contributed by atoms with Crippen molar-refractivity contribution in [3.63, 3.8) is 0 Å². The highest BCUT2D eigenvalue weighted by Gasteiger charge is 2.19. The van der Waals surface area contributed by atoms with Crippen LogP contribution in [-0.2, 0) is 10.0 Å². The van der Waals surface area contributed by atoms with Crippen LogP contribution in [0.5, 0.6) is 5.75 Å². The fourth-order valence-corrected chi connectivity index (χ4v) is 3.60. The molecule has 0 heterocycles. The predicted octanol–water partition coefficient (Wildman–Crippen LogP) is 3.92. The molecule has 0 fully saturated rings. The fourth-order valence-electron chi connectivity index (χ4n) is 2.04. The van der Waals surface area contributed by atoms with Crippen LogP contribution in [0.3, 0.4) is 0 Å². The van der Waals surface area contributed by atoms with Crippen molar-refractivity contribution in [3.8, 4) is 5.75 Å². The molecule has 2 aromatic rings. The van der Waals surface area contributed by atoms with Gasteiger partial charge < -0.3 is 4.74 Å². The molecule has 4 nitrogen and oxygen atoms in total. The number of benzene rings is 2. The molecule has 2 rings (SSSR count). The van der Waals surface area contributed by atoms with Crippen LogP contribution in [0.25, 0.3) is 0 Å². The maximum absolute atomic E-state index is 12.9. The number of hydrogen-bond donors (Lipinski definition) is 1. The summed E-state index contributed by atoms with van der Waals surface area (Å²) in [6.07, 6.45) is 0. The van der Waals surface area contributed by atoms with Crippen molar-refractivity contribution >= 4 is 21.6 Å². The Balaban J connectivity index is 2.21. The zero-order chi connectivity index (χ0) is 17.0. The van der Waals surface area contributed by atoms with Gasteiger partial charge in [-0.25, -0.2) is 17.5 Å². The second-order valence-corrected chi connectivity index (χ2v) is 7.04. The summed E-state index contributed by atoms with van der Waals surface area (Å²) < 4.78 is 45.6. The number of ether oxygens (including phenoxy) is 1. The third kappa shape index (κ3) is 4.43. The number of rotatable bonds is 6. The lowest BCUT2D eigenvalue weighted by Gasteiger charge is -2.15. The van der Waals surface area contributed by atoms with Gasteiger partial charge in [-0.05, 0) is 49.7 Å². The van der Waals surface area contributed by atoms with Gasteiger partial charge >= 0.3 is 0 Å². The van der Waals surface area contributed by atoms with Crippen molar-refractivity contribution in [2.45, 2.75) is 24.8 Å². The molecule has 7 heteroatoms. The van der Waals surface area contributed by atoms with E-state index in [1.54, 1.807) is 6.92 Å². The van der Waals surface area contributed by atoms with E-state index in [1.807, 2.05) is 6.92 Å². The van der Waals surface area contributed by atoms with Crippen molar-refractivity contribution in [1.82, 2.24) is 4.72 Å². The largest absolute Gasteiger partial charge is 0.492 e. The summed E-state index contributed by atoms with van der Waals surface area (Å²) in [5.74, 6) is 0.0572. The Kier molecular flexibility index (Phi) is 5.62. The number of nitrogens with one attached hydrogen (secondary N) is 1. The van der Waals surface area contributed by atoms with Crippen molar-refractivity contribution in [1.29, 1.82) is 0 Å². The third-order valence-corrected chi connectivity index (χ3v) is 5.05. The van der Waals surface area contributed by atoms with Crippen LogP contribution in [0, 0.1) is 5.82 Å². The summed E-state index contributed by atoms with van der Waals surface area (Å²) in [6, 6.07) is 9.42. The smallest absolute Gasteiger partial charge is 0.241 e. The molecule has 1 atom stereocenters. The molecule has 0 aliphatic rings. The summed E-state index contributed by atoms with van der Waals surface area (Å²) >= 11 is 6.03. The Morgan fingerprint density at radius 1 is 1.22 bits per heavy atom. The van der Waals surface area contributed by atoms with Crippen LogP contribution in [0.15, 0.2) is 47.4 Å². The van der Waals surface area contributed by atoms with Crippen molar-refractivity contribution in [3.05, 3.63) is 58.9 Å².